The van der Waals surface area contributed by atoms with Crippen molar-refractivity contribution < 1.29 is 8.42 Å². The number of anilines is 2. The number of halogens is 1. The Labute approximate surface area is 136 Å². The Morgan fingerprint density at radius 2 is 1.82 bits per heavy atom. The van der Waals surface area contributed by atoms with Gasteiger partial charge < -0.3 is 10.7 Å². The molecule has 0 bridgehead atoms. The molecule has 0 aliphatic rings. The fraction of sp³-hybridized carbons (Fsp3) is 0.0667. The second-order valence-corrected chi connectivity index (χ2v) is 7.73. The van der Waals surface area contributed by atoms with Gasteiger partial charge in [-0.3, -0.25) is 4.31 Å². The molecule has 3 aromatic rings. The minimum atomic E-state index is -3.65. The van der Waals surface area contributed by atoms with E-state index < -0.39 is 10.0 Å². The van der Waals surface area contributed by atoms with Crippen molar-refractivity contribution in [2.24, 2.45) is 0 Å². The maximum Gasteiger partial charge on any atom is 0.264 e. The summed E-state index contributed by atoms with van der Waals surface area (Å²) in [4.78, 5) is 3.29. The van der Waals surface area contributed by atoms with Gasteiger partial charge in [0.05, 0.1) is 10.6 Å². The Hall–Kier alpha value is -1.99. The van der Waals surface area contributed by atoms with Gasteiger partial charge in [0.25, 0.3) is 10.0 Å². The zero-order chi connectivity index (χ0) is 15.9. The lowest BCUT2D eigenvalue weighted by Crippen LogP contribution is -2.26. The summed E-state index contributed by atoms with van der Waals surface area (Å²) in [6, 6.07) is 11.7. The Morgan fingerprint density at radius 3 is 2.50 bits per heavy atom. The third kappa shape index (κ3) is 2.46. The standard InChI is InChI=1S/C15H14BrN3O2S/c1-19(22(20,21)12-4-2-11(17)3-5-12)15-8-10-6-7-18-14(10)9-13(15)16/h2-9,18H,17H2,1H3. The number of nitrogens with two attached hydrogens (primary N) is 1. The zero-order valence-corrected chi connectivity index (χ0v) is 14.1. The number of fused-ring (bicyclic) bond motifs is 1. The summed E-state index contributed by atoms with van der Waals surface area (Å²) >= 11 is 3.43. The number of nitrogens with zero attached hydrogens (tertiary/aromatic N) is 1. The largest absolute Gasteiger partial charge is 0.399 e. The van der Waals surface area contributed by atoms with Gasteiger partial charge in [-0.15, -0.1) is 0 Å². The molecule has 5 nitrogen and oxygen atoms in total. The van der Waals surface area contributed by atoms with E-state index >= 15 is 0 Å². The average Bonchev–Trinajstić information content (AvgIpc) is 2.93. The van der Waals surface area contributed by atoms with Crippen LogP contribution < -0.4 is 10.0 Å². The van der Waals surface area contributed by atoms with Crippen LogP contribution in [0.3, 0.4) is 0 Å². The number of aromatic nitrogens is 1. The van der Waals surface area contributed by atoms with Crippen molar-refractivity contribution in [1.29, 1.82) is 0 Å². The van der Waals surface area contributed by atoms with Crippen LogP contribution in [0.4, 0.5) is 11.4 Å². The predicted molar refractivity (Wildman–Crippen MR) is 92.4 cm³/mol. The van der Waals surface area contributed by atoms with E-state index in [2.05, 4.69) is 20.9 Å². The average molecular weight is 380 g/mol. The first-order valence-corrected chi connectivity index (χ1v) is 8.74. The molecule has 0 aliphatic carbocycles. The SMILES string of the molecule is CN(c1cc2cc[nH]c2cc1Br)S(=O)(=O)c1ccc(N)cc1. The fourth-order valence-electron chi connectivity index (χ4n) is 2.23. The quantitative estimate of drug-likeness (QED) is 0.684. The molecule has 22 heavy (non-hydrogen) atoms. The van der Waals surface area contributed by atoms with Crippen LogP contribution in [-0.4, -0.2) is 20.4 Å². The minimum absolute atomic E-state index is 0.199. The number of aromatic amines is 1. The van der Waals surface area contributed by atoms with Gasteiger partial charge in [0, 0.05) is 34.3 Å². The summed E-state index contributed by atoms with van der Waals surface area (Å²) in [6.07, 6.45) is 1.81. The zero-order valence-electron chi connectivity index (χ0n) is 11.7. The van der Waals surface area contributed by atoms with E-state index in [0.717, 1.165) is 10.9 Å². The summed E-state index contributed by atoms with van der Waals surface area (Å²) in [5.41, 5.74) is 7.65. The third-order valence-electron chi connectivity index (χ3n) is 3.50. The summed E-state index contributed by atoms with van der Waals surface area (Å²) < 4.78 is 27.4. The van der Waals surface area contributed by atoms with Crippen molar-refractivity contribution in [1.82, 2.24) is 4.98 Å². The Kier molecular flexibility index (Phi) is 3.62. The number of hydrogen-bond acceptors (Lipinski definition) is 3. The van der Waals surface area contributed by atoms with Gasteiger partial charge in [0.15, 0.2) is 0 Å². The minimum Gasteiger partial charge on any atom is -0.399 e. The molecule has 0 atom stereocenters. The maximum absolute atomic E-state index is 12.7. The summed E-state index contributed by atoms with van der Waals surface area (Å²) in [7, 11) is -2.11. The number of nitrogen functional groups attached to an aromatic ring is 1. The van der Waals surface area contributed by atoms with Crippen molar-refractivity contribution in [3.63, 3.8) is 0 Å². The summed E-state index contributed by atoms with van der Waals surface area (Å²) in [6.45, 7) is 0. The van der Waals surface area contributed by atoms with Gasteiger partial charge in [-0.25, -0.2) is 8.42 Å². The number of benzene rings is 2. The molecule has 2 aromatic carbocycles. The first kappa shape index (κ1) is 14.9. The number of nitrogens with one attached hydrogen (secondary N) is 1. The number of rotatable bonds is 3. The van der Waals surface area contributed by atoms with Crippen LogP contribution in [0.1, 0.15) is 0 Å². The highest BCUT2D eigenvalue weighted by atomic mass is 79.9. The molecule has 114 valence electrons. The lowest BCUT2D eigenvalue weighted by molar-refractivity contribution is 0.594. The van der Waals surface area contributed by atoms with Gasteiger partial charge in [-0.05, 0) is 58.4 Å². The molecular weight excluding hydrogens is 366 g/mol. The van der Waals surface area contributed by atoms with E-state index in [9.17, 15) is 8.42 Å². The molecule has 0 aliphatic heterocycles. The molecule has 3 N–H and O–H groups in total. The number of sulfonamides is 1. The second-order valence-electron chi connectivity index (χ2n) is 4.91. The van der Waals surface area contributed by atoms with Crippen LogP contribution >= 0.6 is 15.9 Å². The molecule has 0 saturated heterocycles. The van der Waals surface area contributed by atoms with Crippen molar-refractivity contribution >= 4 is 48.2 Å². The van der Waals surface area contributed by atoms with Crippen molar-refractivity contribution in [3.05, 3.63) is 53.1 Å². The van der Waals surface area contributed by atoms with E-state index in [1.807, 2.05) is 24.4 Å². The molecule has 0 unspecified atom stereocenters. The smallest absolute Gasteiger partial charge is 0.264 e. The van der Waals surface area contributed by atoms with Gasteiger partial charge in [0.1, 0.15) is 0 Å². The topological polar surface area (TPSA) is 79.2 Å². The normalized spacial score (nSPS) is 11.7. The van der Waals surface area contributed by atoms with E-state index in [1.165, 1.54) is 23.5 Å². The molecule has 3 rings (SSSR count). The van der Waals surface area contributed by atoms with E-state index in [4.69, 9.17) is 5.73 Å². The monoisotopic (exact) mass is 379 g/mol. The van der Waals surface area contributed by atoms with Crippen LogP contribution in [0, 0.1) is 0 Å². The van der Waals surface area contributed by atoms with Crippen molar-refractivity contribution in [2.75, 3.05) is 17.1 Å². The highest BCUT2D eigenvalue weighted by Gasteiger charge is 2.23. The summed E-state index contributed by atoms with van der Waals surface area (Å²) in [5.74, 6) is 0. The first-order valence-electron chi connectivity index (χ1n) is 6.51. The molecule has 7 heteroatoms. The lowest BCUT2D eigenvalue weighted by atomic mass is 10.2. The first-order chi connectivity index (χ1) is 10.4. The predicted octanol–water partition coefficient (Wildman–Crippen LogP) is 3.34. The van der Waals surface area contributed by atoms with Crippen molar-refractivity contribution in [2.45, 2.75) is 4.90 Å². The van der Waals surface area contributed by atoms with Crippen molar-refractivity contribution in [3.8, 4) is 0 Å². The fourth-order valence-corrected chi connectivity index (χ4v) is 4.16. The van der Waals surface area contributed by atoms with Crippen LogP contribution in [0.2, 0.25) is 0 Å². The molecule has 0 fully saturated rings. The Morgan fingerprint density at radius 1 is 1.14 bits per heavy atom. The molecule has 1 aromatic heterocycles. The second kappa shape index (κ2) is 5.33. The maximum atomic E-state index is 12.7. The molecule has 0 radical (unpaired) electrons. The molecule has 0 spiro atoms. The number of hydrogen-bond donors (Lipinski definition) is 2. The highest BCUT2D eigenvalue weighted by molar-refractivity contribution is 9.10. The lowest BCUT2D eigenvalue weighted by Gasteiger charge is -2.21. The summed E-state index contributed by atoms with van der Waals surface area (Å²) in [5, 5.41) is 0.942. The Balaban J connectivity index is 2.09. The van der Waals surface area contributed by atoms with Crippen LogP contribution in [0.5, 0.6) is 0 Å². The Bertz CT molecular complexity index is 933. The molecule has 0 saturated carbocycles. The van der Waals surface area contributed by atoms with Crippen LogP contribution in [0.25, 0.3) is 10.9 Å². The van der Waals surface area contributed by atoms with Crippen LogP contribution in [-0.2, 0) is 10.0 Å². The van der Waals surface area contributed by atoms with E-state index in [1.54, 1.807) is 12.1 Å². The van der Waals surface area contributed by atoms with Gasteiger partial charge in [-0.1, -0.05) is 0 Å². The molecular formula is C15H14BrN3O2S. The van der Waals surface area contributed by atoms with Gasteiger partial charge >= 0.3 is 0 Å². The van der Waals surface area contributed by atoms with Gasteiger partial charge in [0.2, 0.25) is 0 Å². The highest BCUT2D eigenvalue weighted by Crippen LogP contribution is 2.33. The number of H-pyrrole nitrogens is 1. The van der Waals surface area contributed by atoms with E-state index in [-0.39, 0.29) is 4.90 Å². The van der Waals surface area contributed by atoms with Gasteiger partial charge in [-0.2, -0.15) is 0 Å². The molecule has 0 amide bonds. The third-order valence-corrected chi connectivity index (χ3v) is 5.92. The van der Waals surface area contributed by atoms with E-state index in [0.29, 0.717) is 15.8 Å². The van der Waals surface area contributed by atoms with Crippen LogP contribution in [0.15, 0.2) is 58.0 Å². The molecule has 1 heterocycles.